The van der Waals surface area contributed by atoms with Gasteiger partial charge in [0.2, 0.25) is 5.88 Å². The van der Waals surface area contributed by atoms with Crippen LogP contribution in [-0.4, -0.2) is 35.3 Å². The van der Waals surface area contributed by atoms with Crippen molar-refractivity contribution < 1.29 is 27.4 Å². The zero-order valence-corrected chi connectivity index (χ0v) is 13.5. The monoisotopic (exact) mass is 354 g/mol. The van der Waals surface area contributed by atoms with Gasteiger partial charge >= 0.3 is 12.1 Å². The second-order valence-electron chi connectivity index (χ2n) is 5.30. The van der Waals surface area contributed by atoms with Crippen LogP contribution in [0.1, 0.15) is 28.2 Å². The Balaban J connectivity index is 1.75. The van der Waals surface area contributed by atoms with E-state index in [0.717, 1.165) is 17.6 Å². The first kappa shape index (κ1) is 18.7. The molecule has 0 saturated heterocycles. The van der Waals surface area contributed by atoms with Gasteiger partial charge < -0.3 is 9.47 Å². The van der Waals surface area contributed by atoms with Crippen LogP contribution in [-0.2, 0) is 11.2 Å². The molecule has 0 saturated carbocycles. The number of nitrogens with zero attached hydrogens (tertiary/aromatic N) is 2. The SMILES string of the molecule is Cc1cccc(CCCOC(=O)c2ccc(OCC(F)(F)F)nc2)n1. The third-order valence-electron chi connectivity index (χ3n) is 3.11. The topological polar surface area (TPSA) is 61.3 Å². The molecule has 2 rings (SSSR count). The van der Waals surface area contributed by atoms with Crippen molar-refractivity contribution in [3.05, 3.63) is 53.5 Å². The van der Waals surface area contributed by atoms with Crippen molar-refractivity contribution in [1.82, 2.24) is 9.97 Å². The maximum atomic E-state index is 12.0. The summed E-state index contributed by atoms with van der Waals surface area (Å²) in [4.78, 5) is 19.8. The highest BCUT2D eigenvalue weighted by molar-refractivity contribution is 5.89. The van der Waals surface area contributed by atoms with E-state index in [1.165, 1.54) is 12.1 Å². The van der Waals surface area contributed by atoms with Crippen LogP contribution in [0, 0.1) is 6.92 Å². The third kappa shape index (κ3) is 6.78. The molecule has 0 fully saturated rings. The number of aromatic nitrogens is 2. The molecule has 2 aromatic heterocycles. The Morgan fingerprint density at radius 3 is 2.64 bits per heavy atom. The van der Waals surface area contributed by atoms with E-state index in [0.29, 0.717) is 12.8 Å². The number of ether oxygens (including phenoxy) is 2. The van der Waals surface area contributed by atoms with Gasteiger partial charge in [-0.3, -0.25) is 4.98 Å². The fraction of sp³-hybridized carbons (Fsp3) is 0.353. The molecule has 0 aliphatic heterocycles. The minimum Gasteiger partial charge on any atom is -0.468 e. The highest BCUT2D eigenvalue weighted by Gasteiger charge is 2.28. The van der Waals surface area contributed by atoms with E-state index in [4.69, 9.17) is 4.74 Å². The molecule has 0 spiro atoms. The van der Waals surface area contributed by atoms with E-state index in [1.54, 1.807) is 0 Å². The van der Waals surface area contributed by atoms with Crippen molar-refractivity contribution in [2.24, 2.45) is 0 Å². The minimum atomic E-state index is -4.44. The van der Waals surface area contributed by atoms with Crippen LogP contribution < -0.4 is 4.74 Å². The molecule has 0 aliphatic carbocycles. The van der Waals surface area contributed by atoms with E-state index < -0.39 is 18.8 Å². The summed E-state index contributed by atoms with van der Waals surface area (Å²) in [6.07, 6.45) is -2.03. The van der Waals surface area contributed by atoms with E-state index in [2.05, 4.69) is 14.7 Å². The van der Waals surface area contributed by atoms with Crippen molar-refractivity contribution in [2.45, 2.75) is 25.9 Å². The molecular weight excluding hydrogens is 337 g/mol. The second kappa shape index (κ2) is 8.46. The van der Waals surface area contributed by atoms with Gasteiger partial charge in [0.15, 0.2) is 6.61 Å². The molecule has 0 N–H and O–H groups in total. The van der Waals surface area contributed by atoms with Crippen molar-refractivity contribution in [2.75, 3.05) is 13.2 Å². The number of esters is 1. The first-order valence-corrected chi connectivity index (χ1v) is 7.59. The van der Waals surface area contributed by atoms with E-state index in [1.807, 2.05) is 25.1 Å². The number of hydrogen-bond acceptors (Lipinski definition) is 5. The summed E-state index contributed by atoms with van der Waals surface area (Å²) in [5, 5.41) is 0. The first-order valence-electron chi connectivity index (χ1n) is 7.59. The van der Waals surface area contributed by atoms with Gasteiger partial charge in [0.1, 0.15) is 0 Å². The van der Waals surface area contributed by atoms with Gasteiger partial charge in [0.05, 0.1) is 12.2 Å². The first-order chi connectivity index (χ1) is 11.8. The summed E-state index contributed by atoms with van der Waals surface area (Å²) >= 11 is 0. The average molecular weight is 354 g/mol. The lowest BCUT2D eigenvalue weighted by Gasteiger charge is -2.08. The Morgan fingerprint density at radius 2 is 2.00 bits per heavy atom. The summed E-state index contributed by atoms with van der Waals surface area (Å²) in [6, 6.07) is 8.22. The zero-order chi connectivity index (χ0) is 18.3. The standard InChI is InChI=1S/C17H17F3N2O3/c1-12-4-2-5-14(22-12)6-3-9-24-16(23)13-7-8-15(21-10-13)25-11-17(18,19)20/h2,4-5,7-8,10H,3,6,9,11H2,1H3. The van der Waals surface area contributed by atoms with Crippen LogP contribution in [0.4, 0.5) is 13.2 Å². The molecule has 0 atom stereocenters. The lowest BCUT2D eigenvalue weighted by molar-refractivity contribution is -0.154. The number of rotatable bonds is 7. The fourth-order valence-corrected chi connectivity index (χ4v) is 1.98. The lowest BCUT2D eigenvalue weighted by atomic mass is 10.2. The van der Waals surface area contributed by atoms with Gasteiger partial charge in [-0.05, 0) is 38.0 Å². The fourth-order valence-electron chi connectivity index (χ4n) is 1.98. The van der Waals surface area contributed by atoms with Crippen LogP contribution in [0.3, 0.4) is 0 Å². The third-order valence-corrected chi connectivity index (χ3v) is 3.11. The van der Waals surface area contributed by atoms with Gasteiger partial charge in [0.25, 0.3) is 0 Å². The molecular formula is C17H17F3N2O3. The highest BCUT2D eigenvalue weighted by atomic mass is 19.4. The average Bonchev–Trinajstić information content (AvgIpc) is 2.56. The molecule has 134 valence electrons. The summed E-state index contributed by atoms with van der Waals surface area (Å²) in [5.74, 6) is -0.800. The predicted octanol–water partition coefficient (Wildman–Crippen LogP) is 3.52. The number of hydrogen-bond donors (Lipinski definition) is 0. The molecule has 2 heterocycles. The largest absolute Gasteiger partial charge is 0.468 e. The van der Waals surface area contributed by atoms with Gasteiger partial charge in [-0.25, -0.2) is 9.78 Å². The van der Waals surface area contributed by atoms with Gasteiger partial charge in [0, 0.05) is 23.7 Å². The maximum Gasteiger partial charge on any atom is 0.422 e. The predicted molar refractivity (Wildman–Crippen MR) is 83.4 cm³/mol. The molecule has 8 heteroatoms. The second-order valence-corrected chi connectivity index (χ2v) is 5.30. The molecule has 0 amide bonds. The quantitative estimate of drug-likeness (QED) is 0.562. The number of alkyl halides is 3. The normalized spacial score (nSPS) is 11.2. The van der Waals surface area contributed by atoms with E-state index in [-0.39, 0.29) is 18.1 Å². The Kier molecular flexibility index (Phi) is 6.32. The molecule has 0 aliphatic rings. The van der Waals surface area contributed by atoms with Gasteiger partial charge in [-0.15, -0.1) is 0 Å². The smallest absolute Gasteiger partial charge is 0.422 e. The summed E-state index contributed by atoms with van der Waals surface area (Å²) in [6.45, 7) is 0.677. The molecule has 5 nitrogen and oxygen atoms in total. The molecule has 0 unspecified atom stereocenters. The van der Waals surface area contributed by atoms with Crippen LogP contribution in [0.15, 0.2) is 36.5 Å². The van der Waals surface area contributed by atoms with Crippen molar-refractivity contribution in [3.63, 3.8) is 0 Å². The molecule has 0 radical (unpaired) electrons. The Hall–Kier alpha value is -2.64. The lowest BCUT2D eigenvalue weighted by Crippen LogP contribution is -2.19. The summed E-state index contributed by atoms with van der Waals surface area (Å²) < 4.78 is 45.7. The van der Waals surface area contributed by atoms with Crippen LogP contribution >= 0.6 is 0 Å². The highest BCUT2D eigenvalue weighted by Crippen LogP contribution is 2.17. The molecule has 2 aromatic rings. The van der Waals surface area contributed by atoms with Crippen LogP contribution in [0.5, 0.6) is 5.88 Å². The number of aryl methyl sites for hydroxylation is 2. The van der Waals surface area contributed by atoms with Crippen molar-refractivity contribution in [1.29, 1.82) is 0 Å². The van der Waals surface area contributed by atoms with E-state index >= 15 is 0 Å². The molecule has 0 bridgehead atoms. The number of pyridine rings is 2. The maximum absolute atomic E-state index is 12.0. The number of carbonyl (C=O) groups is 1. The Labute approximate surface area is 142 Å². The Morgan fingerprint density at radius 1 is 1.20 bits per heavy atom. The number of carbonyl (C=O) groups excluding carboxylic acids is 1. The van der Waals surface area contributed by atoms with Gasteiger partial charge in [-0.2, -0.15) is 13.2 Å². The molecule has 25 heavy (non-hydrogen) atoms. The molecule has 0 aromatic carbocycles. The van der Waals surface area contributed by atoms with Crippen LogP contribution in [0.2, 0.25) is 0 Å². The number of halogens is 3. The minimum absolute atomic E-state index is 0.146. The van der Waals surface area contributed by atoms with Gasteiger partial charge in [-0.1, -0.05) is 6.07 Å². The van der Waals surface area contributed by atoms with Crippen LogP contribution in [0.25, 0.3) is 0 Å². The van der Waals surface area contributed by atoms with E-state index in [9.17, 15) is 18.0 Å². The van der Waals surface area contributed by atoms with Crippen molar-refractivity contribution >= 4 is 5.97 Å². The van der Waals surface area contributed by atoms with Crippen molar-refractivity contribution in [3.8, 4) is 5.88 Å². The Bertz CT molecular complexity index is 703. The zero-order valence-electron chi connectivity index (χ0n) is 13.5. The summed E-state index contributed by atoms with van der Waals surface area (Å²) in [5.41, 5.74) is 1.99. The summed E-state index contributed by atoms with van der Waals surface area (Å²) in [7, 11) is 0.